The van der Waals surface area contributed by atoms with Crippen molar-refractivity contribution in [3.05, 3.63) is 172 Å². The van der Waals surface area contributed by atoms with Gasteiger partial charge in [-0.25, -0.2) is 0 Å². The average Bonchev–Trinajstić information content (AvgIpc) is 3.94. The first-order valence-corrected chi connectivity index (χ1v) is 28.7. The SMILES string of the molecule is CCCCC1=Cc2c(-c3ccccc3CC(C)C)cccc2[CH]1[Zr]([c]1cccc2c1[SiH2]c1ccccc1-2)[CH]1C(CCCC)=Cc2c(-c3ccccc3CC(C)C)cccc21. The third-order valence-corrected chi connectivity index (χ3v) is 25.7. The van der Waals surface area contributed by atoms with Crippen LogP contribution in [-0.2, 0) is 34.6 Å². The van der Waals surface area contributed by atoms with E-state index in [0.717, 1.165) is 12.8 Å². The van der Waals surface area contributed by atoms with Crippen molar-refractivity contribution in [2.45, 2.75) is 100 Å². The molecule has 9 rings (SSSR count). The van der Waals surface area contributed by atoms with E-state index in [0.29, 0.717) is 19.1 Å². The normalized spacial score (nSPS) is 16.5. The van der Waals surface area contributed by atoms with E-state index >= 15 is 0 Å². The number of hydrogen-bond acceptors (Lipinski definition) is 0. The molecule has 1 heterocycles. The van der Waals surface area contributed by atoms with Crippen molar-refractivity contribution in [2.24, 2.45) is 11.8 Å². The molecule has 303 valence electrons. The second-order valence-electron chi connectivity index (χ2n) is 18.8. The van der Waals surface area contributed by atoms with E-state index < -0.39 is 31.3 Å². The van der Waals surface area contributed by atoms with E-state index in [1.54, 1.807) is 38.2 Å². The third kappa shape index (κ3) is 7.82. The van der Waals surface area contributed by atoms with E-state index in [1.165, 1.54) is 88.6 Å². The quantitative estimate of drug-likeness (QED) is 0.0900. The molecule has 0 saturated heterocycles. The molecule has 6 aromatic carbocycles. The predicted molar refractivity (Wildman–Crippen MR) is 261 cm³/mol. The zero-order valence-corrected chi connectivity index (χ0v) is 40.8. The van der Waals surface area contributed by atoms with Crippen LogP contribution in [0.25, 0.3) is 45.5 Å². The van der Waals surface area contributed by atoms with E-state index in [1.807, 2.05) is 3.27 Å². The summed E-state index contributed by atoms with van der Waals surface area (Å²) in [5.74, 6) is 1.22. The van der Waals surface area contributed by atoms with Crippen molar-refractivity contribution in [1.82, 2.24) is 0 Å². The van der Waals surface area contributed by atoms with Gasteiger partial charge in [0.2, 0.25) is 0 Å². The first kappa shape index (κ1) is 41.3. The van der Waals surface area contributed by atoms with Gasteiger partial charge in [-0.05, 0) is 0 Å². The maximum absolute atomic E-state index is 2.88. The molecular weight excluding hydrogens is 816 g/mol. The average molecular weight is 879 g/mol. The first-order chi connectivity index (χ1) is 29.4. The number of allylic oxidation sites excluding steroid dienone is 2. The number of hydrogen-bond donors (Lipinski definition) is 0. The molecule has 0 radical (unpaired) electrons. The summed E-state index contributed by atoms with van der Waals surface area (Å²) < 4.78 is 2.80. The number of fused-ring (bicyclic) bond motifs is 5. The first-order valence-electron chi connectivity index (χ1n) is 23.3. The van der Waals surface area contributed by atoms with Crippen LogP contribution >= 0.6 is 0 Å². The van der Waals surface area contributed by atoms with Crippen molar-refractivity contribution in [3.63, 3.8) is 0 Å². The molecule has 0 N–H and O–H groups in total. The fourth-order valence-electron chi connectivity index (χ4n) is 11.0. The topological polar surface area (TPSA) is 0 Å². The van der Waals surface area contributed by atoms with Gasteiger partial charge in [0.15, 0.2) is 0 Å². The molecule has 3 aliphatic rings. The number of unbranched alkanes of at least 4 members (excludes halogenated alkanes) is 2. The van der Waals surface area contributed by atoms with Crippen molar-refractivity contribution in [3.8, 4) is 33.4 Å². The molecule has 2 atom stereocenters. The summed E-state index contributed by atoms with van der Waals surface area (Å²) in [4.78, 5) is 0. The molecule has 2 heteroatoms. The van der Waals surface area contributed by atoms with Crippen molar-refractivity contribution in [2.75, 3.05) is 0 Å². The monoisotopic (exact) mass is 877 g/mol. The van der Waals surface area contributed by atoms with Gasteiger partial charge in [-0.1, -0.05) is 0 Å². The van der Waals surface area contributed by atoms with Crippen LogP contribution in [0.4, 0.5) is 0 Å². The van der Waals surface area contributed by atoms with Gasteiger partial charge < -0.3 is 0 Å². The Bertz CT molecular complexity index is 2450. The van der Waals surface area contributed by atoms with Crippen LogP contribution in [0.3, 0.4) is 0 Å². The molecule has 0 saturated carbocycles. The van der Waals surface area contributed by atoms with Crippen LogP contribution in [0.1, 0.15) is 121 Å². The molecular formula is C58H63SiZr. The van der Waals surface area contributed by atoms with E-state index in [-0.39, 0.29) is 0 Å². The summed E-state index contributed by atoms with van der Waals surface area (Å²) in [6, 6.07) is 50.5. The van der Waals surface area contributed by atoms with Crippen LogP contribution in [0.2, 0.25) is 0 Å². The zero-order valence-electron chi connectivity index (χ0n) is 37.0. The minimum atomic E-state index is -2.88. The van der Waals surface area contributed by atoms with Crippen LogP contribution in [0.15, 0.2) is 139 Å². The van der Waals surface area contributed by atoms with Crippen molar-refractivity contribution >= 4 is 35.3 Å². The summed E-state index contributed by atoms with van der Waals surface area (Å²) in [7, 11) is -0.624. The molecule has 1 aliphatic heterocycles. The second kappa shape index (κ2) is 18.1. The zero-order chi connectivity index (χ0) is 41.3. The number of rotatable bonds is 15. The Balaban J connectivity index is 1.29. The molecule has 0 fully saturated rings. The molecule has 0 bridgehead atoms. The Labute approximate surface area is 371 Å². The van der Waals surface area contributed by atoms with Gasteiger partial charge >= 0.3 is 374 Å². The molecule has 0 aromatic heterocycles. The Morgan fingerprint density at radius 1 is 0.483 bits per heavy atom. The van der Waals surface area contributed by atoms with Gasteiger partial charge in [0.05, 0.1) is 0 Å². The molecule has 6 aromatic rings. The minimum absolute atomic E-state index is 0.494. The third-order valence-electron chi connectivity index (χ3n) is 13.6. The van der Waals surface area contributed by atoms with E-state index in [9.17, 15) is 0 Å². The fraction of sp³-hybridized carbons (Fsp3) is 0.310. The summed E-state index contributed by atoms with van der Waals surface area (Å²) in [5, 5.41) is 3.41. The van der Waals surface area contributed by atoms with E-state index in [2.05, 4.69) is 181 Å². The summed E-state index contributed by atoms with van der Waals surface area (Å²) >= 11 is -2.88. The van der Waals surface area contributed by atoms with Crippen molar-refractivity contribution < 1.29 is 21.8 Å². The molecule has 0 amide bonds. The second-order valence-corrected chi connectivity index (χ2v) is 27.0. The van der Waals surface area contributed by atoms with Gasteiger partial charge in [0.25, 0.3) is 0 Å². The molecule has 60 heavy (non-hydrogen) atoms. The summed E-state index contributed by atoms with van der Waals surface area (Å²) in [6.07, 6.45) is 15.0. The number of benzene rings is 6. The van der Waals surface area contributed by atoms with Crippen LogP contribution in [0, 0.1) is 11.8 Å². The molecule has 2 aliphatic carbocycles. The van der Waals surface area contributed by atoms with Gasteiger partial charge in [-0.15, -0.1) is 0 Å². The van der Waals surface area contributed by atoms with Gasteiger partial charge in [0, 0.05) is 0 Å². The summed E-state index contributed by atoms with van der Waals surface area (Å²) in [5.41, 5.74) is 21.5. The fourth-order valence-corrected chi connectivity index (χ4v) is 25.0. The maximum atomic E-state index is 2.73. The predicted octanol–water partition coefficient (Wildman–Crippen LogP) is 13.4. The van der Waals surface area contributed by atoms with E-state index in [4.69, 9.17) is 0 Å². The standard InChI is InChI=1S/2C23H27.C12H9Si.Zr/c2*1-4-5-9-18-15-20-11-8-13-22(23(20)16-18)21-12-7-6-10-19(21)14-17(2)3;1-3-7-11-9(5-1)10-6-2-4-8-12(10)13-11;/h2*6-8,10-13,15-17H,4-5,9,14H2,1-3H3;1-7H,13H2;. The van der Waals surface area contributed by atoms with Gasteiger partial charge in [-0.3, -0.25) is 0 Å². The Morgan fingerprint density at radius 2 is 0.933 bits per heavy atom. The molecule has 2 unspecified atom stereocenters. The van der Waals surface area contributed by atoms with Crippen LogP contribution < -0.4 is 13.6 Å². The van der Waals surface area contributed by atoms with Crippen molar-refractivity contribution in [1.29, 1.82) is 0 Å². The van der Waals surface area contributed by atoms with Gasteiger partial charge in [-0.2, -0.15) is 0 Å². The molecule has 0 nitrogen and oxygen atoms in total. The van der Waals surface area contributed by atoms with Crippen LogP contribution in [-0.4, -0.2) is 9.52 Å². The molecule has 0 spiro atoms. The Morgan fingerprint density at radius 3 is 1.45 bits per heavy atom. The Kier molecular flexibility index (Phi) is 12.4. The van der Waals surface area contributed by atoms with Crippen LogP contribution in [0.5, 0.6) is 0 Å². The summed E-state index contributed by atoms with van der Waals surface area (Å²) in [6.45, 7) is 14.2. The van der Waals surface area contributed by atoms with Gasteiger partial charge in [0.1, 0.15) is 0 Å². The Hall–Kier alpha value is -4.10.